The van der Waals surface area contributed by atoms with Gasteiger partial charge in [-0.1, -0.05) is 51.5 Å². The van der Waals surface area contributed by atoms with Crippen LogP contribution < -0.4 is 0 Å². The highest BCUT2D eigenvalue weighted by molar-refractivity contribution is 5.87. The van der Waals surface area contributed by atoms with E-state index in [0.29, 0.717) is 11.5 Å². The predicted molar refractivity (Wildman–Crippen MR) is 89.5 cm³/mol. The monoisotopic (exact) mass is 304 g/mol. The zero-order valence-electron chi connectivity index (χ0n) is 14.2. The van der Waals surface area contributed by atoms with E-state index < -0.39 is 0 Å². The van der Waals surface area contributed by atoms with Crippen LogP contribution in [0.3, 0.4) is 0 Å². The fourth-order valence-electron chi connectivity index (χ4n) is 5.36. The number of carbonyl (C=O) groups excluding carboxylic acids is 1. The van der Waals surface area contributed by atoms with E-state index in [0.717, 1.165) is 24.7 Å². The van der Waals surface area contributed by atoms with Crippen molar-refractivity contribution in [2.75, 3.05) is 0 Å². The summed E-state index contributed by atoms with van der Waals surface area (Å²) in [6, 6.07) is 0. The van der Waals surface area contributed by atoms with E-state index in [1.165, 1.54) is 64.2 Å². The lowest BCUT2D eigenvalue weighted by Crippen LogP contribution is -2.49. The van der Waals surface area contributed by atoms with Crippen LogP contribution in [0.5, 0.6) is 0 Å². The van der Waals surface area contributed by atoms with Crippen LogP contribution in [0.4, 0.5) is 0 Å². The Hall–Kier alpha value is -0.790. The number of rotatable bonds is 3. The molecule has 2 nitrogen and oxygen atoms in total. The molecule has 0 radical (unpaired) electrons. The Bertz CT molecular complexity index is 421. The van der Waals surface area contributed by atoms with Crippen LogP contribution in [0.2, 0.25) is 0 Å². The van der Waals surface area contributed by atoms with Gasteiger partial charge in [0.15, 0.2) is 0 Å². The van der Waals surface area contributed by atoms with Gasteiger partial charge in [-0.3, -0.25) is 0 Å². The molecular weight excluding hydrogens is 272 g/mol. The van der Waals surface area contributed by atoms with Crippen molar-refractivity contribution in [1.29, 1.82) is 0 Å². The second-order valence-corrected chi connectivity index (χ2v) is 8.12. The SMILES string of the molecule is C=C(C)C(=O)OC1(C2CCCCC2)CCC2CCCCC2C1. The van der Waals surface area contributed by atoms with Crippen molar-refractivity contribution in [2.24, 2.45) is 17.8 Å². The molecule has 0 spiro atoms. The van der Waals surface area contributed by atoms with Crippen molar-refractivity contribution in [3.8, 4) is 0 Å². The Morgan fingerprint density at radius 2 is 1.59 bits per heavy atom. The van der Waals surface area contributed by atoms with Crippen molar-refractivity contribution in [3.05, 3.63) is 12.2 Å². The van der Waals surface area contributed by atoms with Crippen molar-refractivity contribution in [2.45, 2.75) is 89.6 Å². The van der Waals surface area contributed by atoms with Gasteiger partial charge in [-0.25, -0.2) is 4.79 Å². The fourth-order valence-corrected chi connectivity index (χ4v) is 5.36. The van der Waals surface area contributed by atoms with Gasteiger partial charge in [0.05, 0.1) is 0 Å². The molecule has 124 valence electrons. The van der Waals surface area contributed by atoms with E-state index in [1.54, 1.807) is 6.92 Å². The highest BCUT2D eigenvalue weighted by Gasteiger charge is 2.49. The van der Waals surface area contributed by atoms with E-state index >= 15 is 0 Å². The van der Waals surface area contributed by atoms with E-state index in [1.807, 2.05) is 0 Å². The number of esters is 1. The van der Waals surface area contributed by atoms with Crippen LogP contribution in [0.25, 0.3) is 0 Å². The zero-order valence-corrected chi connectivity index (χ0v) is 14.2. The summed E-state index contributed by atoms with van der Waals surface area (Å²) in [6.07, 6.45) is 15.5. The van der Waals surface area contributed by atoms with Gasteiger partial charge < -0.3 is 4.74 Å². The summed E-state index contributed by atoms with van der Waals surface area (Å²) in [7, 11) is 0. The van der Waals surface area contributed by atoms with E-state index in [-0.39, 0.29) is 11.6 Å². The third-order valence-corrected chi connectivity index (χ3v) is 6.61. The molecule has 0 N–H and O–H groups in total. The third-order valence-electron chi connectivity index (χ3n) is 6.61. The van der Waals surface area contributed by atoms with E-state index in [9.17, 15) is 4.79 Å². The Labute approximate surface area is 135 Å². The fraction of sp³-hybridized carbons (Fsp3) is 0.850. The predicted octanol–water partition coefficient (Wildman–Crippen LogP) is 5.42. The van der Waals surface area contributed by atoms with E-state index in [2.05, 4.69) is 6.58 Å². The Balaban J connectivity index is 1.79. The molecule has 0 amide bonds. The van der Waals surface area contributed by atoms with Crippen molar-refractivity contribution in [3.63, 3.8) is 0 Å². The summed E-state index contributed by atoms with van der Waals surface area (Å²) >= 11 is 0. The minimum atomic E-state index is -0.172. The molecule has 3 aliphatic carbocycles. The van der Waals surface area contributed by atoms with Gasteiger partial charge in [-0.2, -0.15) is 0 Å². The molecule has 0 aromatic carbocycles. The molecule has 3 fully saturated rings. The summed E-state index contributed by atoms with van der Waals surface area (Å²) in [4.78, 5) is 12.3. The molecule has 0 aliphatic heterocycles. The maximum atomic E-state index is 12.3. The first-order valence-corrected chi connectivity index (χ1v) is 9.49. The molecular formula is C20H32O2. The van der Waals surface area contributed by atoms with Gasteiger partial charge >= 0.3 is 5.97 Å². The topological polar surface area (TPSA) is 26.3 Å². The maximum absolute atomic E-state index is 12.3. The first kappa shape index (κ1) is 16.1. The van der Waals surface area contributed by atoms with Gasteiger partial charge in [0, 0.05) is 5.57 Å². The first-order valence-electron chi connectivity index (χ1n) is 9.49. The summed E-state index contributed by atoms with van der Waals surface area (Å²) in [5.74, 6) is 2.13. The Morgan fingerprint density at radius 1 is 0.955 bits per heavy atom. The third kappa shape index (κ3) is 3.26. The summed E-state index contributed by atoms with van der Waals surface area (Å²) in [5.41, 5.74) is 0.385. The van der Waals surface area contributed by atoms with Gasteiger partial charge in [0.25, 0.3) is 0 Å². The number of carbonyl (C=O) groups is 1. The Kier molecular flexibility index (Phi) is 4.94. The molecule has 0 bridgehead atoms. The molecule has 3 saturated carbocycles. The second kappa shape index (κ2) is 6.76. The minimum absolute atomic E-state index is 0.153. The molecule has 22 heavy (non-hydrogen) atoms. The van der Waals surface area contributed by atoms with Crippen LogP contribution >= 0.6 is 0 Å². The number of fused-ring (bicyclic) bond motifs is 1. The molecule has 2 heteroatoms. The van der Waals surface area contributed by atoms with Gasteiger partial charge in [0.1, 0.15) is 5.60 Å². The highest BCUT2D eigenvalue weighted by Crippen LogP contribution is 2.51. The molecule has 0 aromatic heterocycles. The molecule has 3 atom stereocenters. The molecule has 3 aliphatic rings. The minimum Gasteiger partial charge on any atom is -0.455 e. The number of ether oxygens (including phenoxy) is 1. The molecule has 3 unspecified atom stereocenters. The zero-order chi connectivity index (χ0) is 15.6. The van der Waals surface area contributed by atoms with Crippen molar-refractivity contribution >= 4 is 5.97 Å². The van der Waals surface area contributed by atoms with Crippen LogP contribution in [0.15, 0.2) is 12.2 Å². The summed E-state index contributed by atoms with van der Waals surface area (Å²) in [5, 5.41) is 0. The summed E-state index contributed by atoms with van der Waals surface area (Å²) in [6.45, 7) is 5.58. The standard InChI is InChI=1S/C20H32O2/c1-15(2)19(21)22-20(18-10-4-3-5-11-18)13-12-16-8-6-7-9-17(16)14-20/h16-18H,1,3-14H2,2H3. The average Bonchev–Trinajstić information content (AvgIpc) is 2.55. The second-order valence-electron chi connectivity index (χ2n) is 8.12. The molecule has 0 aromatic rings. The largest absolute Gasteiger partial charge is 0.455 e. The van der Waals surface area contributed by atoms with Crippen molar-refractivity contribution < 1.29 is 9.53 Å². The van der Waals surface area contributed by atoms with E-state index in [4.69, 9.17) is 4.74 Å². The first-order chi connectivity index (χ1) is 10.6. The normalized spacial score (nSPS) is 36.4. The van der Waals surface area contributed by atoms with Crippen molar-refractivity contribution in [1.82, 2.24) is 0 Å². The lowest BCUT2D eigenvalue weighted by Gasteiger charge is -2.50. The molecule has 0 saturated heterocycles. The highest BCUT2D eigenvalue weighted by atomic mass is 16.6. The summed E-state index contributed by atoms with van der Waals surface area (Å²) < 4.78 is 6.19. The molecule has 0 heterocycles. The van der Waals surface area contributed by atoms with Crippen LogP contribution in [-0.2, 0) is 9.53 Å². The van der Waals surface area contributed by atoms with Gasteiger partial charge in [0.2, 0.25) is 0 Å². The van der Waals surface area contributed by atoms with Crippen LogP contribution in [0, 0.1) is 17.8 Å². The number of hydrogen-bond donors (Lipinski definition) is 0. The smallest absolute Gasteiger partial charge is 0.333 e. The van der Waals surface area contributed by atoms with Gasteiger partial charge in [-0.05, 0) is 56.8 Å². The number of hydrogen-bond acceptors (Lipinski definition) is 2. The lowest BCUT2D eigenvalue weighted by atomic mass is 9.60. The lowest BCUT2D eigenvalue weighted by molar-refractivity contribution is -0.175. The Morgan fingerprint density at radius 3 is 2.27 bits per heavy atom. The van der Waals surface area contributed by atoms with Gasteiger partial charge in [-0.15, -0.1) is 0 Å². The average molecular weight is 304 g/mol. The van der Waals surface area contributed by atoms with Crippen LogP contribution in [0.1, 0.15) is 84.0 Å². The quantitative estimate of drug-likeness (QED) is 0.514. The maximum Gasteiger partial charge on any atom is 0.333 e. The molecule has 3 rings (SSSR count). The van der Waals surface area contributed by atoms with Crippen LogP contribution in [-0.4, -0.2) is 11.6 Å².